The van der Waals surface area contributed by atoms with Crippen molar-refractivity contribution in [2.45, 2.75) is 0 Å². The topological polar surface area (TPSA) is 49.6 Å². The van der Waals surface area contributed by atoms with Gasteiger partial charge in [-0.15, -0.1) is 0 Å². The van der Waals surface area contributed by atoms with Crippen LogP contribution < -0.4 is 0 Å². The number of rotatable bonds is 0. The van der Waals surface area contributed by atoms with Gasteiger partial charge in [-0.3, -0.25) is 9.97 Å². The van der Waals surface area contributed by atoms with Crippen LogP contribution in [0.15, 0.2) is 30.6 Å². The largest absolute Gasteiger partial charge is 0.253 e. The lowest BCUT2D eigenvalue weighted by atomic mass is 10.2. The molecule has 0 aliphatic heterocycles. The number of benzene rings is 1. The van der Waals surface area contributed by atoms with E-state index in [1.165, 1.54) is 0 Å². The quantitative estimate of drug-likeness (QED) is 0.576. The highest BCUT2D eigenvalue weighted by Gasteiger charge is 1.94. The summed E-state index contributed by atoms with van der Waals surface area (Å²) in [6.07, 6.45) is 3.27. The molecule has 14 heavy (non-hydrogen) atoms. The minimum atomic E-state index is 0.777. The molecule has 0 spiro atoms. The zero-order chi connectivity index (χ0) is 9.80. The van der Waals surface area contributed by atoms with Crippen LogP contribution in [0.25, 0.3) is 11.0 Å². The predicted molar refractivity (Wildman–Crippen MR) is 52.0 cm³/mol. The Morgan fingerprint density at radius 2 is 1.86 bits per heavy atom. The van der Waals surface area contributed by atoms with Crippen molar-refractivity contribution >= 4 is 11.0 Å². The van der Waals surface area contributed by atoms with Gasteiger partial charge in [-0.2, -0.15) is 5.26 Å². The summed E-state index contributed by atoms with van der Waals surface area (Å²) in [7, 11) is 0. The molecule has 0 radical (unpaired) electrons. The maximum Gasteiger partial charge on any atom is 0.152 e. The van der Waals surface area contributed by atoms with E-state index < -0.39 is 0 Å². The van der Waals surface area contributed by atoms with E-state index in [9.17, 15) is 0 Å². The van der Waals surface area contributed by atoms with Crippen LogP contribution >= 0.6 is 0 Å². The van der Waals surface area contributed by atoms with E-state index in [0.717, 1.165) is 16.6 Å². The van der Waals surface area contributed by atoms with Crippen LogP contribution in [0, 0.1) is 23.2 Å². The molecule has 1 heterocycles. The Morgan fingerprint density at radius 3 is 2.64 bits per heavy atom. The smallest absolute Gasteiger partial charge is 0.152 e. The molecular weight excluding hydrogens is 174 g/mol. The molecule has 0 fully saturated rings. The van der Waals surface area contributed by atoms with E-state index in [-0.39, 0.29) is 0 Å². The summed E-state index contributed by atoms with van der Waals surface area (Å²) in [5.74, 6) is 5.04. The number of hydrogen-bond acceptors (Lipinski definition) is 3. The number of aromatic nitrogens is 2. The van der Waals surface area contributed by atoms with Gasteiger partial charge in [-0.25, -0.2) is 0 Å². The van der Waals surface area contributed by atoms with E-state index in [1.54, 1.807) is 18.5 Å². The van der Waals surface area contributed by atoms with Crippen molar-refractivity contribution in [3.63, 3.8) is 0 Å². The average Bonchev–Trinajstić information content (AvgIpc) is 2.26. The summed E-state index contributed by atoms with van der Waals surface area (Å²) in [6.45, 7) is 0. The molecular formula is C11H5N3. The molecule has 0 N–H and O–H groups in total. The number of hydrogen-bond donors (Lipinski definition) is 0. The standard InChI is InChI=1S/C11H5N3/c12-5-1-2-9-3-4-10-11(8-9)14-7-6-13-10/h3-4,6-8H. The van der Waals surface area contributed by atoms with Gasteiger partial charge in [0, 0.05) is 23.9 Å². The lowest BCUT2D eigenvalue weighted by molar-refractivity contribution is 1.29. The van der Waals surface area contributed by atoms with Crippen LogP contribution in [0.2, 0.25) is 0 Å². The fraction of sp³-hybridized carbons (Fsp3) is 0. The molecule has 0 aliphatic rings. The Morgan fingerprint density at radius 1 is 1.07 bits per heavy atom. The fourth-order valence-corrected chi connectivity index (χ4v) is 1.14. The summed E-state index contributed by atoms with van der Waals surface area (Å²) in [5.41, 5.74) is 2.40. The number of fused-ring (bicyclic) bond motifs is 1. The highest BCUT2D eigenvalue weighted by molar-refractivity contribution is 5.75. The second-order valence-corrected chi connectivity index (χ2v) is 2.62. The van der Waals surface area contributed by atoms with Crippen LogP contribution in [0.4, 0.5) is 0 Å². The zero-order valence-electron chi connectivity index (χ0n) is 7.23. The minimum Gasteiger partial charge on any atom is -0.253 e. The first-order chi connectivity index (χ1) is 6.90. The number of nitrogens with zero attached hydrogens (tertiary/aromatic N) is 3. The zero-order valence-corrected chi connectivity index (χ0v) is 7.23. The van der Waals surface area contributed by atoms with Gasteiger partial charge in [0.15, 0.2) is 6.07 Å². The van der Waals surface area contributed by atoms with Gasteiger partial charge >= 0.3 is 0 Å². The average molecular weight is 179 g/mol. The first kappa shape index (κ1) is 8.22. The third kappa shape index (κ3) is 1.53. The highest BCUT2D eigenvalue weighted by atomic mass is 14.8. The first-order valence-corrected chi connectivity index (χ1v) is 4.01. The third-order valence-corrected chi connectivity index (χ3v) is 1.73. The lowest BCUT2D eigenvalue weighted by Crippen LogP contribution is -1.82. The van der Waals surface area contributed by atoms with Crippen molar-refractivity contribution in [2.24, 2.45) is 0 Å². The molecule has 0 bridgehead atoms. The van der Waals surface area contributed by atoms with Crippen LogP contribution in [-0.4, -0.2) is 9.97 Å². The Kier molecular flexibility index (Phi) is 2.09. The van der Waals surface area contributed by atoms with Gasteiger partial charge in [-0.05, 0) is 18.2 Å². The SMILES string of the molecule is N#CC#Cc1ccc2nccnc2c1. The summed E-state index contributed by atoms with van der Waals surface area (Å²) in [4.78, 5) is 8.26. The molecule has 2 aromatic rings. The highest BCUT2D eigenvalue weighted by Crippen LogP contribution is 2.09. The fourth-order valence-electron chi connectivity index (χ4n) is 1.14. The van der Waals surface area contributed by atoms with Crippen molar-refractivity contribution in [1.82, 2.24) is 9.97 Å². The van der Waals surface area contributed by atoms with Crippen molar-refractivity contribution in [3.8, 4) is 17.9 Å². The molecule has 1 aromatic carbocycles. The Hall–Kier alpha value is -2.39. The van der Waals surface area contributed by atoms with E-state index in [2.05, 4.69) is 21.8 Å². The molecule has 2 rings (SSSR count). The van der Waals surface area contributed by atoms with Gasteiger partial charge < -0.3 is 0 Å². The van der Waals surface area contributed by atoms with Gasteiger partial charge in [0.25, 0.3) is 0 Å². The minimum absolute atomic E-state index is 0.777. The summed E-state index contributed by atoms with van der Waals surface area (Å²) in [6, 6.07) is 7.24. The van der Waals surface area contributed by atoms with Crippen molar-refractivity contribution in [3.05, 3.63) is 36.2 Å². The molecule has 1 aromatic heterocycles. The lowest BCUT2D eigenvalue weighted by Gasteiger charge is -1.94. The molecule has 3 nitrogen and oxygen atoms in total. The normalized spacial score (nSPS) is 8.79. The van der Waals surface area contributed by atoms with Crippen LogP contribution in [0.1, 0.15) is 5.56 Å². The van der Waals surface area contributed by atoms with E-state index in [0.29, 0.717) is 0 Å². The van der Waals surface area contributed by atoms with E-state index >= 15 is 0 Å². The monoisotopic (exact) mass is 179 g/mol. The van der Waals surface area contributed by atoms with E-state index in [1.807, 2.05) is 18.2 Å². The third-order valence-electron chi connectivity index (χ3n) is 1.73. The van der Waals surface area contributed by atoms with Crippen molar-refractivity contribution in [1.29, 1.82) is 5.26 Å². The summed E-state index contributed by atoms with van der Waals surface area (Å²) < 4.78 is 0. The van der Waals surface area contributed by atoms with Crippen LogP contribution in [-0.2, 0) is 0 Å². The van der Waals surface area contributed by atoms with E-state index in [4.69, 9.17) is 5.26 Å². The van der Waals surface area contributed by atoms with Crippen LogP contribution in [0.5, 0.6) is 0 Å². The molecule has 0 atom stereocenters. The molecule has 0 amide bonds. The van der Waals surface area contributed by atoms with Gasteiger partial charge in [0.1, 0.15) is 0 Å². The molecule has 0 aliphatic carbocycles. The van der Waals surface area contributed by atoms with Crippen LogP contribution in [0.3, 0.4) is 0 Å². The first-order valence-electron chi connectivity index (χ1n) is 4.01. The van der Waals surface area contributed by atoms with Crippen molar-refractivity contribution in [2.75, 3.05) is 0 Å². The maximum atomic E-state index is 8.29. The Bertz CT molecular complexity index is 570. The molecule has 0 saturated carbocycles. The molecule has 0 unspecified atom stereocenters. The second-order valence-electron chi connectivity index (χ2n) is 2.62. The molecule has 64 valence electrons. The second kappa shape index (κ2) is 3.55. The maximum absolute atomic E-state index is 8.29. The van der Waals surface area contributed by atoms with Gasteiger partial charge in [-0.1, -0.05) is 5.92 Å². The molecule has 3 heteroatoms. The Balaban J connectivity index is 2.58. The number of nitriles is 1. The summed E-state index contributed by atoms with van der Waals surface area (Å²) >= 11 is 0. The molecule has 0 saturated heterocycles. The summed E-state index contributed by atoms with van der Waals surface area (Å²) in [5, 5.41) is 8.29. The predicted octanol–water partition coefficient (Wildman–Crippen LogP) is 1.50. The Labute approximate surface area is 81.0 Å². The van der Waals surface area contributed by atoms with Gasteiger partial charge in [0.2, 0.25) is 0 Å². The van der Waals surface area contributed by atoms with Crippen molar-refractivity contribution < 1.29 is 0 Å². The van der Waals surface area contributed by atoms with Gasteiger partial charge in [0.05, 0.1) is 11.0 Å².